The van der Waals surface area contributed by atoms with Crippen molar-refractivity contribution in [2.75, 3.05) is 13.7 Å². The van der Waals surface area contributed by atoms with Gasteiger partial charge in [-0.2, -0.15) is 0 Å². The molecule has 1 N–H and O–H groups in total. The minimum Gasteiger partial charge on any atom is -0.488 e. The summed E-state index contributed by atoms with van der Waals surface area (Å²) in [6.45, 7) is 6.78. The number of rotatable bonds is 5. The lowest BCUT2D eigenvalue weighted by Crippen LogP contribution is -2.08. The fourth-order valence-corrected chi connectivity index (χ4v) is 1.39. The molecule has 0 spiro atoms. The third-order valence-electron chi connectivity index (χ3n) is 1.97. The molecule has 0 saturated carbocycles. The summed E-state index contributed by atoms with van der Waals surface area (Å²) in [6, 6.07) is 6.08. The first-order chi connectivity index (χ1) is 7.13. The predicted molar refractivity (Wildman–Crippen MR) is 64.4 cm³/mol. The van der Waals surface area contributed by atoms with Crippen LogP contribution >= 0.6 is 11.6 Å². The largest absolute Gasteiger partial charge is 0.488 e. The highest BCUT2D eigenvalue weighted by atomic mass is 35.5. The maximum atomic E-state index is 5.65. The van der Waals surface area contributed by atoms with Gasteiger partial charge in [0.05, 0.1) is 0 Å². The van der Waals surface area contributed by atoms with Crippen molar-refractivity contribution in [1.29, 1.82) is 0 Å². The molecule has 0 saturated heterocycles. The first-order valence-corrected chi connectivity index (χ1v) is 5.21. The van der Waals surface area contributed by atoms with E-state index in [1.807, 2.05) is 19.2 Å². The molecule has 0 bridgehead atoms. The molecule has 0 heterocycles. The van der Waals surface area contributed by atoms with Crippen LogP contribution in [0.3, 0.4) is 0 Å². The number of aryl methyl sites for hydroxylation is 1. The van der Waals surface area contributed by atoms with Gasteiger partial charge >= 0.3 is 0 Å². The van der Waals surface area contributed by atoms with E-state index >= 15 is 0 Å². The summed E-state index contributed by atoms with van der Waals surface area (Å²) in [5.74, 6) is 0.858. The van der Waals surface area contributed by atoms with Crippen molar-refractivity contribution < 1.29 is 4.74 Å². The van der Waals surface area contributed by atoms with E-state index < -0.39 is 0 Å². The van der Waals surface area contributed by atoms with E-state index in [2.05, 4.69) is 24.9 Å². The molecule has 1 aromatic rings. The molecule has 0 aliphatic heterocycles. The maximum Gasteiger partial charge on any atom is 0.124 e. The van der Waals surface area contributed by atoms with E-state index in [1.54, 1.807) is 0 Å². The van der Waals surface area contributed by atoms with E-state index in [-0.39, 0.29) is 0 Å². The van der Waals surface area contributed by atoms with Crippen LogP contribution in [0.2, 0.25) is 0 Å². The Morgan fingerprint density at radius 2 is 2.27 bits per heavy atom. The topological polar surface area (TPSA) is 21.3 Å². The lowest BCUT2D eigenvalue weighted by atomic mass is 10.1. The van der Waals surface area contributed by atoms with Crippen LogP contribution < -0.4 is 10.1 Å². The van der Waals surface area contributed by atoms with Crippen LogP contribution in [-0.2, 0) is 6.54 Å². The van der Waals surface area contributed by atoms with E-state index in [0.29, 0.717) is 11.6 Å². The number of hydrogen-bond donors (Lipinski definition) is 1. The zero-order chi connectivity index (χ0) is 11.3. The van der Waals surface area contributed by atoms with Gasteiger partial charge in [-0.05, 0) is 20.0 Å². The summed E-state index contributed by atoms with van der Waals surface area (Å²) >= 11 is 5.65. The van der Waals surface area contributed by atoms with E-state index in [9.17, 15) is 0 Å². The molecule has 0 amide bonds. The third-order valence-corrected chi connectivity index (χ3v) is 2.08. The average molecular weight is 226 g/mol. The summed E-state index contributed by atoms with van der Waals surface area (Å²) in [5.41, 5.74) is 2.35. The van der Waals surface area contributed by atoms with Gasteiger partial charge in [-0.25, -0.2) is 0 Å². The van der Waals surface area contributed by atoms with Crippen LogP contribution in [0, 0.1) is 6.92 Å². The minimum absolute atomic E-state index is 0.349. The van der Waals surface area contributed by atoms with Crippen LogP contribution in [0.25, 0.3) is 0 Å². The second kappa shape index (κ2) is 5.79. The fraction of sp³-hybridized carbons (Fsp3) is 0.333. The average Bonchev–Trinajstić information content (AvgIpc) is 2.17. The lowest BCUT2D eigenvalue weighted by Gasteiger charge is -2.11. The highest BCUT2D eigenvalue weighted by Crippen LogP contribution is 2.20. The Hall–Kier alpha value is -0.990. The summed E-state index contributed by atoms with van der Waals surface area (Å²) in [4.78, 5) is 0. The van der Waals surface area contributed by atoms with Crippen LogP contribution in [0.15, 0.2) is 29.8 Å². The van der Waals surface area contributed by atoms with Crippen LogP contribution in [0.4, 0.5) is 0 Å². The van der Waals surface area contributed by atoms with Gasteiger partial charge in [-0.3, -0.25) is 0 Å². The van der Waals surface area contributed by atoms with Crippen molar-refractivity contribution in [2.45, 2.75) is 13.5 Å². The van der Waals surface area contributed by atoms with Crippen LogP contribution in [0.5, 0.6) is 5.75 Å². The lowest BCUT2D eigenvalue weighted by molar-refractivity contribution is 0.354. The summed E-state index contributed by atoms with van der Waals surface area (Å²) < 4.78 is 5.53. The number of hydrogen-bond acceptors (Lipinski definition) is 2. The standard InChI is InChI=1S/C12H16ClNO/c1-9-4-5-12(15-8-10(2)13)11(6-9)7-14-3/h4-6,14H,2,7-8H2,1,3H3. The van der Waals surface area contributed by atoms with Crippen molar-refractivity contribution in [3.8, 4) is 5.75 Å². The molecular weight excluding hydrogens is 210 g/mol. The molecule has 1 rings (SSSR count). The van der Waals surface area contributed by atoms with Gasteiger partial charge in [0, 0.05) is 17.1 Å². The Bertz CT molecular complexity index is 349. The van der Waals surface area contributed by atoms with Gasteiger partial charge in [0.15, 0.2) is 0 Å². The Balaban J connectivity index is 2.80. The highest BCUT2D eigenvalue weighted by Gasteiger charge is 2.03. The van der Waals surface area contributed by atoms with Crippen molar-refractivity contribution in [3.05, 3.63) is 40.9 Å². The minimum atomic E-state index is 0.349. The Kier molecular flexibility index (Phi) is 4.66. The van der Waals surface area contributed by atoms with Crippen molar-refractivity contribution in [3.63, 3.8) is 0 Å². The van der Waals surface area contributed by atoms with Gasteiger partial charge in [-0.15, -0.1) is 0 Å². The molecule has 0 aliphatic rings. The number of ether oxygens (including phenoxy) is 1. The Morgan fingerprint density at radius 3 is 2.87 bits per heavy atom. The first-order valence-electron chi connectivity index (χ1n) is 4.83. The van der Waals surface area contributed by atoms with Gasteiger partial charge in [0.1, 0.15) is 12.4 Å². The fourth-order valence-electron chi connectivity index (χ4n) is 1.33. The summed E-state index contributed by atoms with van der Waals surface area (Å²) in [5, 5.41) is 3.61. The molecular formula is C12H16ClNO. The SMILES string of the molecule is C=C(Cl)COc1ccc(C)cc1CNC. The van der Waals surface area contributed by atoms with Gasteiger partial charge < -0.3 is 10.1 Å². The summed E-state index contributed by atoms with van der Waals surface area (Å²) in [6.07, 6.45) is 0. The molecule has 2 nitrogen and oxygen atoms in total. The molecule has 3 heteroatoms. The molecule has 0 aliphatic carbocycles. The smallest absolute Gasteiger partial charge is 0.124 e. The van der Waals surface area contributed by atoms with Crippen molar-refractivity contribution in [1.82, 2.24) is 5.32 Å². The molecule has 1 aromatic carbocycles. The highest BCUT2D eigenvalue weighted by molar-refractivity contribution is 6.29. The van der Waals surface area contributed by atoms with E-state index in [4.69, 9.17) is 16.3 Å². The van der Waals surface area contributed by atoms with Gasteiger partial charge in [-0.1, -0.05) is 35.9 Å². The van der Waals surface area contributed by atoms with E-state index in [0.717, 1.165) is 17.9 Å². The Labute approximate surface area is 95.9 Å². The van der Waals surface area contributed by atoms with Gasteiger partial charge in [0.25, 0.3) is 0 Å². The van der Waals surface area contributed by atoms with Crippen LogP contribution in [0.1, 0.15) is 11.1 Å². The number of nitrogens with one attached hydrogen (secondary N) is 1. The molecule has 0 atom stereocenters. The predicted octanol–water partition coefficient (Wildman–Crippen LogP) is 2.85. The molecule has 15 heavy (non-hydrogen) atoms. The molecule has 0 aromatic heterocycles. The quantitative estimate of drug-likeness (QED) is 0.832. The Morgan fingerprint density at radius 1 is 1.53 bits per heavy atom. The second-order valence-corrected chi connectivity index (χ2v) is 3.98. The van der Waals surface area contributed by atoms with Crippen LogP contribution in [-0.4, -0.2) is 13.7 Å². The molecule has 0 fully saturated rings. The van der Waals surface area contributed by atoms with Gasteiger partial charge in [0.2, 0.25) is 0 Å². The summed E-state index contributed by atoms with van der Waals surface area (Å²) in [7, 11) is 1.91. The zero-order valence-electron chi connectivity index (χ0n) is 9.14. The van der Waals surface area contributed by atoms with Crippen molar-refractivity contribution >= 4 is 11.6 Å². The normalized spacial score (nSPS) is 10.1. The monoisotopic (exact) mass is 225 g/mol. The molecule has 0 unspecified atom stereocenters. The molecule has 0 radical (unpaired) electrons. The first kappa shape index (κ1) is 12.1. The maximum absolute atomic E-state index is 5.65. The second-order valence-electron chi connectivity index (χ2n) is 3.45. The number of benzene rings is 1. The zero-order valence-corrected chi connectivity index (χ0v) is 9.90. The molecule has 82 valence electrons. The number of halogens is 1. The van der Waals surface area contributed by atoms with Crippen molar-refractivity contribution in [2.24, 2.45) is 0 Å². The van der Waals surface area contributed by atoms with E-state index in [1.165, 1.54) is 5.56 Å². The third kappa shape index (κ3) is 3.94.